The van der Waals surface area contributed by atoms with Gasteiger partial charge in [-0.2, -0.15) is 0 Å². The summed E-state index contributed by atoms with van der Waals surface area (Å²) in [4.78, 5) is 22.1. The van der Waals surface area contributed by atoms with E-state index in [-0.39, 0.29) is 6.42 Å². The molecule has 0 radical (unpaired) electrons. The van der Waals surface area contributed by atoms with E-state index < -0.39 is 12.0 Å². The van der Waals surface area contributed by atoms with Crippen LogP contribution < -0.4 is 0 Å². The molecule has 92 valence electrons. The molecule has 0 heterocycles. The Morgan fingerprint density at radius 3 is 2.35 bits per heavy atom. The van der Waals surface area contributed by atoms with Gasteiger partial charge in [-0.3, -0.25) is 9.80 Å². The Morgan fingerprint density at radius 2 is 1.94 bits per heavy atom. The van der Waals surface area contributed by atoms with Gasteiger partial charge in [0, 0.05) is 20.5 Å². The average molecular weight is 236 g/mol. The summed E-state index contributed by atoms with van der Waals surface area (Å²) in [5.74, 6) is -1.02. The summed E-state index contributed by atoms with van der Waals surface area (Å²) in [6.45, 7) is 0. The first-order valence-electron chi connectivity index (χ1n) is 5.24. The third-order valence-corrected chi connectivity index (χ3v) is 2.45. The van der Waals surface area contributed by atoms with Crippen LogP contribution >= 0.6 is 0 Å². The summed E-state index contributed by atoms with van der Waals surface area (Å²) in [5.41, 5.74) is 0.883. The third kappa shape index (κ3) is 3.57. The van der Waals surface area contributed by atoms with Crippen LogP contribution in [0.15, 0.2) is 30.3 Å². The predicted molar refractivity (Wildman–Crippen MR) is 63.2 cm³/mol. The van der Waals surface area contributed by atoms with Gasteiger partial charge in [-0.05, 0) is 5.56 Å². The molecular formula is C12H16N2O3. The summed E-state index contributed by atoms with van der Waals surface area (Å²) < 4.78 is 0. The van der Waals surface area contributed by atoms with Crippen molar-refractivity contribution in [1.29, 1.82) is 0 Å². The Morgan fingerprint density at radius 1 is 1.35 bits per heavy atom. The molecule has 1 aromatic carbocycles. The summed E-state index contributed by atoms with van der Waals surface area (Å²) in [6, 6.07) is 8.35. The second-order valence-corrected chi connectivity index (χ2v) is 3.88. The number of aliphatic carboxylic acids is 1. The van der Waals surface area contributed by atoms with Crippen molar-refractivity contribution in [3.8, 4) is 0 Å². The minimum atomic E-state index is -1.02. The lowest BCUT2D eigenvalue weighted by Gasteiger charge is -2.30. The molecule has 1 atom stereocenters. The van der Waals surface area contributed by atoms with Crippen molar-refractivity contribution in [2.24, 2.45) is 0 Å². The minimum Gasteiger partial charge on any atom is -0.480 e. The highest BCUT2D eigenvalue weighted by atomic mass is 16.4. The van der Waals surface area contributed by atoms with E-state index >= 15 is 0 Å². The molecule has 0 saturated carbocycles. The number of benzene rings is 1. The van der Waals surface area contributed by atoms with Gasteiger partial charge >= 0.3 is 5.97 Å². The van der Waals surface area contributed by atoms with E-state index in [1.54, 1.807) is 14.1 Å². The van der Waals surface area contributed by atoms with Crippen LogP contribution in [0, 0.1) is 0 Å². The van der Waals surface area contributed by atoms with Crippen molar-refractivity contribution >= 4 is 12.4 Å². The van der Waals surface area contributed by atoms with Gasteiger partial charge in [0.25, 0.3) is 0 Å². The molecule has 1 amide bonds. The lowest BCUT2D eigenvalue weighted by atomic mass is 10.1. The van der Waals surface area contributed by atoms with Crippen LogP contribution in [0.2, 0.25) is 0 Å². The van der Waals surface area contributed by atoms with Crippen molar-refractivity contribution in [3.63, 3.8) is 0 Å². The van der Waals surface area contributed by atoms with E-state index in [1.165, 1.54) is 5.01 Å². The molecule has 1 aromatic rings. The lowest BCUT2D eigenvalue weighted by Crippen LogP contribution is -2.49. The molecule has 0 saturated heterocycles. The zero-order valence-corrected chi connectivity index (χ0v) is 9.91. The fraction of sp³-hybridized carbons (Fsp3) is 0.333. The maximum Gasteiger partial charge on any atom is 0.328 e. The molecule has 0 spiro atoms. The fourth-order valence-corrected chi connectivity index (χ4v) is 1.58. The zero-order valence-electron chi connectivity index (χ0n) is 9.91. The van der Waals surface area contributed by atoms with E-state index in [0.29, 0.717) is 6.41 Å². The van der Waals surface area contributed by atoms with Crippen LogP contribution in [0.25, 0.3) is 0 Å². The molecule has 5 nitrogen and oxygen atoms in total. The summed E-state index contributed by atoms with van der Waals surface area (Å²) in [6.07, 6.45) is 0.814. The monoisotopic (exact) mass is 236 g/mol. The molecule has 1 unspecified atom stereocenters. The highest BCUT2D eigenvalue weighted by Gasteiger charge is 2.26. The number of carbonyl (C=O) groups excluding carboxylic acids is 1. The minimum absolute atomic E-state index is 0.285. The molecule has 5 heteroatoms. The van der Waals surface area contributed by atoms with E-state index in [2.05, 4.69) is 0 Å². The first-order chi connectivity index (χ1) is 8.06. The smallest absolute Gasteiger partial charge is 0.328 e. The van der Waals surface area contributed by atoms with Crippen LogP contribution in [0.3, 0.4) is 0 Å². The number of carbonyl (C=O) groups is 2. The molecule has 17 heavy (non-hydrogen) atoms. The number of carboxylic acid groups (broad SMARTS) is 1. The SMILES string of the molecule is CN(C)N(C=O)C(Cc1ccccc1)C(=O)O. The normalized spacial score (nSPS) is 12.2. The van der Waals surface area contributed by atoms with Gasteiger partial charge in [0.2, 0.25) is 6.41 Å². The number of rotatable bonds is 6. The van der Waals surface area contributed by atoms with Crippen molar-refractivity contribution in [3.05, 3.63) is 35.9 Å². The first kappa shape index (κ1) is 13.2. The zero-order chi connectivity index (χ0) is 12.8. The number of hydrogen-bond acceptors (Lipinski definition) is 3. The van der Waals surface area contributed by atoms with E-state index in [9.17, 15) is 9.59 Å². The second kappa shape index (κ2) is 6.00. The molecule has 1 rings (SSSR count). The predicted octanol–water partition coefficient (Wildman–Crippen LogP) is 0.617. The quantitative estimate of drug-likeness (QED) is 0.581. The van der Waals surface area contributed by atoms with Gasteiger partial charge in [-0.15, -0.1) is 0 Å². The average Bonchev–Trinajstić information content (AvgIpc) is 2.29. The van der Waals surface area contributed by atoms with Crippen molar-refractivity contribution in [2.75, 3.05) is 14.1 Å². The molecular weight excluding hydrogens is 220 g/mol. The molecule has 0 aromatic heterocycles. The number of nitrogens with zero attached hydrogens (tertiary/aromatic N) is 2. The molecule has 0 aliphatic heterocycles. The summed E-state index contributed by atoms with van der Waals surface area (Å²) >= 11 is 0. The summed E-state index contributed by atoms with van der Waals surface area (Å²) in [7, 11) is 3.27. The van der Waals surface area contributed by atoms with Crippen LogP contribution in [0.1, 0.15) is 5.56 Å². The molecule has 1 N–H and O–H groups in total. The van der Waals surface area contributed by atoms with E-state index in [0.717, 1.165) is 10.6 Å². The standard InChI is InChI=1S/C12H16N2O3/c1-13(2)14(9-15)11(12(16)17)8-10-6-4-3-5-7-10/h3-7,9,11H,8H2,1-2H3,(H,16,17). The van der Waals surface area contributed by atoms with Crippen LogP contribution in [0.4, 0.5) is 0 Å². The number of amides is 1. The van der Waals surface area contributed by atoms with Crippen molar-refractivity contribution < 1.29 is 14.7 Å². The largest absolute Gasteiger partial charge is 0.480 e. The first-order valence-corrected chi connectivity index (χ1v) is 5.24. The Kier molecular flexibility index (Phi) is 4.66. The third-order valence-electron chi connectivity index (χ3n) is 2.45. The van der Waals surface area contributed by atoms with Crippen molar-refractivity contribution in [2.45, 2.75) is 12.5 Å². The Labute approximate surface area is 100 Å². The molecule has 0 aliphatic carbocycles. The maximum atomic E-state index is 11.2. The van der Waals surface area contributed by atoms with E-state index in [1.807, 2.05) is 30.3 Å². The van der Waals surface area contributed by atoms with Gasteiger partial charge in [0.05, 0.1) is 0 Å². The number of carboxylic acids is 1. The highest BCUT2D eigenvalue weighted by Crippen LogP contribution is 2.09. The maximum absolute atomic E-state index is 11.2. The number of hydrogen-bond donors (Lipinski definition) is 1. The fourth-order valence-electron chi connectivity index (χ4n) is 1.58. The molecule has 0 fully saturated rings. The second-order valence-electron chi connectivity index (χ2n) is 3.88. The Bertz CT molecular complexity index is 379. The van der Waals surface area contributed by atoms with Gasteiger partial charge in [0.1, 0.15) is 6.04 Å². The lowest BCUT2D eigenvalue weighted by molar-refractivity contribution is -0.156. The van der Waals surface area contributed by atoms with Gasteiger partial charge in [-0.1, -0.05) is 30.3 Å². The number of hydrazine groups is 1. The highest BCUT2D eigenvalue weighted by molar-refractivity contribution is 5.76. The van der Waals surface area contributed by atoms with Gasteiger partial charge in [-0.25, -0.2) is 9.80 Å². The van der Waals surface area contributed by atoms with Gasteiger partial charge < -0.3 is 5.11 Å². The molecule has 0 bridgehead atoms. The van der Waals surface area contributed by atoms with Gasteiger partial charge in [0.15, 0.2) is 0 Å². The van der Waals surface area contributed by atoms with Crippen LogP contribution in [-0.2, 0) is 16.0 Å². The van der Waals surface area contributed by atoms with E-state index in [4.69, 9.17) is 5.11 Å². The molecule has 0 aliphatic rings. The topological polar surface area (TPSA) is 60.9 Å². The Balaban J connectivity index is 2.87. The Hall–Kier alpha value is -1.88. The summed E-state index contributed by atoms with van der Waals surface area (Å²) in [5, 5.41) is 11.8. The van der Waals surface area contributed by atoms with Crippen molar-refractivity contribution in [1.82, 2.24) is 10.0 Å². The van der Waals surface area contributed by atoms with Crippen LogP contribution in [0.5, 0.6) is 0 Å². The van der Waals surface area contributed by atoms with Crippen LogP contribution in [-0.4, -0.2) is 47.6 Å².